The number of hydrogen-bond acceptors (Lipinski definition) is 2. The van der Waals surface area contributed by atoms with Crippen molar-refractivity contribution in [2.45, 2.75) is 18.9 Å². The second kappa shape index (κ2) is 5.04. The minimum Gasteiger partial charge on any atom is -0.316 e. The SMILES string of the molecule is CCC(N)(c1cccc(Cl)c1)c1ccc(F)cn1. The highest BCUT2D eigenvalue weighted by molar-refractivity contribution is 6.30. The van der Waals surface area contributed by atoms with Gasteiger partial charge in [-0.1, -0.05) is 30.7 Å². The van der Waals surface area contributed by atoms with E-state index in [1.54, 1.807) is 12.1 Å². The first-order valence-electron chi connectivity index (χ1n) is 5.73. The molecule has 0 spiro atoms. The van der Waals surface area contributed by atoms with Gasteiger partial charge in [0.25, 0.3) is 0 Å². The molecule has 2 rings (SSSR count). The van der Waals surface area contributed by atoms with Gasteiger partial charge in [-0.3, -0.25) is 4.98 Å². The Hall–Kier alpha value is -1.45. The Balaban J connectivity index is 2.51. The molecular weight excluding hydrogens is 251 g/mol. The van der Waals surface area contributed by atoms with E-state index in [1.807, 2.05) is 25.1 Å². The van der Waals surface area contributed by atoms with Gasteiger partial charge in [0.2, 0.25) is 0 Å². The summed E-state index contributed by atoms with van der Waals surface area (Å²) in [6, 6.07) is 10.3. The van der Waals surface area contributed by atoms with Gasteiger partial charge >= 0.3 is 0 Å². The van der Waals surface area contributed by atoms with Crippen molar-refractivity contribution in [3.8, 4) is 0 Å². The lowest BCUT2D eigenvalue weighted by Gasteiger charge is -2.28. The molecule has 0 amide bonds. The van der Waals surface area contributed by atoms with Crippen molar-refractivity contribution in [1.29, 1.82) is 0 Å². The molecule has 94 valence electrons. The van der Waals surface area contributed by atoms with Crippen molar-refractivity contribution >= 4 is 11.6 Å². The highest BCUT2D eigenvalue weighted by Gasteiger charge is 2.29. The topological polar surface area (TPSA) is 38.9 Å². The van der Waals surface area contributed by atoms with Crippen LogP contribution in [0.25, 0.3) is 0 Å². The molecule has 0 saturated heterocycles. The maximum absolute atomic E-state index is 12.9. The molecule has 18 heavy (non-hydrogen) atoms. The molecular formula is C14H14ClFN2. The Morgan fingerprint density at radius 2 is 2.11 bits per heavy atom. The van der Waals surface area contributed by atoms with Crippen LogP contribution >= 0.6 is 11.6 Å². The summed E-state index contributed by atoms with van der Waals surface area (Å²) in [5.41, 5.74) is 7.17. The van der Waals surface area contributed by atoms with Crippen LogP contribution in [0.3, 0.4) is 0 Å². The number of nitrogens with two attached hydrogens (primary N) is 1. The summed E-state index contributed by atoms with van der Waals surface area (Å²) in [6.45, 7) is 1.96. The molecule has 0 aliphatic heterocycles. The number of halogens is 2. The van der Waals surface area contributed by atoms with Gasteiger partial charge < -0.3 is 5.73 Å². The van der Waals surface area contributed by atoms with Gasteiger partial charge in [0.15, 0.2) is 0 Å². The Morgan fingerprint density at radius 1 is 1.33 bits per heavy atom. The summed E-state index contributed by atoms with van der Waals surface area (Å²) in [4.78, 5) is 4.08. The molecule has 1 unspecified atom stereocenters. The largest absolute Gasteiger partial charge is 0.316 e. The lowest BCUT2D eigenvalue weighted by Crippen LogP contribution is -2.38. The molecule has 0 aliphatic carbocycles. The Labute approximate surface area is 111 Å². The van der Waals surface area contributed by atoms with E-state index in [2.05, 4.69) is 4.98 Å². The van der Waals surface area contributed by atoms with Crippen molar-refractivity contribution in [2.75, 3.05) is 0 Å². The van der Waals surface area contributed by atoms with Gasteiger partial charge in [-0.2, -0.15) is 0 Å². The summed E-state index contributed by atoms with van der Waals surface area (Å²) in [7, 11) is 0. The molecule has 1 atom stereocenters. The van der Waals surface area contributed by atoms with Crippen LogP contribution in [-0.2, 0) is 5.54 Å². The minimum atomic E-state index is -0.751. The average molecular weight is 265 g/mol. The Bertz CT molecular complexity index is 542. The summed E-state index contributed by atoms with van der Waals surface area (Å²) >= 11 is 5.98. The van der Waals surface area contributed by atoms with E-state index in [0.29, 0.717) is 17.1 Å². The van der Waals surface area contributed by atoms with Crippen molar-refractivity contribution in [1.82, 2.24) is 4.98 Å². The van der Waals surface area contributed by atoms with Crippen LogP contribution in [0.1, 0.15) is 24.6 Å². The number of hydrogen-bond donors (Lipinski definition) is 1. The van der Waals surface area contributed by atoms with Crippen LogP contribution in [0.5, 0.6) is 0 Å². The predicted octanol–water partition coefficient (Wildman–Crippen LogP) is 3.49. The van der Waals surface area contributed by atoms with E-state index in [1.165, 1.54) is 12.3 Å². The lowest BCUT2D eigenvalue weighted by atomic mass is 9.85. The van der Waals surface area contributed by atoms with Crippen LogP contribution in [0, 0.1) is 5.82 Å². The fraction of sp³-hybridized carbons (Fsp3) is 0.214. The minimum absolute atomic E-state index is 0.372. The van der Waals surface area contributed by atoms with Gasteiger partial charge in [-0.25, -0.2) is 4.39 Å². The molecule has 2 N–H and O–H groups in total. The van der Waals surface area contributed by atoms with Crippen LogP contribution in [0.15, 0.2) is 42.6 Å². The zero-order valence-electron chi connectivity index (χ0n) is 10.0. The third-order valence-corrected chi connectivity index (χ3v) is 3.32. The van der Waals surface area contributed by atoms with Gasteiger partial charge in [0.05, 0.1) is 17.4 Å². The fourth-order valence-electron chi connectivity index (χ4n) is 1.94. The Kier molecular flexibility index (Phi) is 3.64. The first-order chi connectivity index (χ1) is 8.56. The summed E-state index contributed by atoms with van der Waals surface area (Å²) in [6.07, 6.45) is 1.82. The molecule has 1 aromatic heterocycles. The zero-order chi connectivity index (χ0) is 13.2. The maximum atomic E-state index is 12.9. The molecule has 0 radical (unpaired) electrons. The summed E-state index contributed by atoms with van der Waals surface area (Å²) in [5.74, 6) is -0.372. The van der Waals surface area contributed by atoms with Crippen LogP contribution in [-0.4, -0.2) is 4.98 Å². The highest BCUT2D eigenvalue weighted by atomic mass is 35.5. The second-order valence-electron chi connectivity index (χ2n) is 4.20. The molecule has 0 fully saturated rings. The third-order valence-electron chi connectivity index (χ3n) is 3.08. The predicted molar refractivity (Wildman–Crippen MR) is 70.9 cm³/mol. The van der Waals surface area contributed by atoms with Gasteiger partial charge in [-0.05, 0) is 36.2 Å². The third kappa shape index (κ3) is 2.37. The molecule has 0 saturated carbocycles. The normalized spacial score (nSPS) is 14.2. The molecule has 0 bridgehead atoms. The Morgan fingerprint density at radius 3 is 2.67 bits per heavy atom. The molecule has 2 aromatic rings. The van der Waals surface area contributed by atoms with E-state index in [-0.39, 0.29) is 5.82 Å². The lowest BCUT2D eigenvalue weighted by molar-refractivity contribution is 0.499. The van der Waals surface area contributed by atoms with Crippen molar-refractivity contribution in [3.05, 3.63) is 64.7 Å². The molecule has 0 aliphatic rings. The van der Waals surface area contributed by atoms with Crippen molar-refractivity contribution < 1.29 is 4.39 Å². The zero-order valence-corrected chi connectivity index (χ0v) is 10.8. The fourth-order valence-corrected chi connectivity index (χ4v) is 2.13. The smallest absolute Gasteiger partial charge is 0.141 e. The molecule has 2 nitrogen and oxygen atoms in total. The van der Waals surface area contributed by atoms with Crippen molar-refractivity contribution in [3.63, 3.8) is 0 Å². The van der Waals surface area contributed by atoms with Crippen LogP contribution in [0.2, 0.25) is 5.02 Å². The maximum Gasteiger partial charge on any atom is 0.141 e. The number of pyridine rings is 1. The standard InChI is InChI=1S/C14H14ClFN2/c1-2-14(17,10-4-3-5-11(15)8-10)13-7-6-12(16)9-18-13/h3-9H,2,17H2,1H3. The van der Waals surface area contributed by atoms with Crippen LogP contribution in [0.4, 0.5) is 4.39 Å². The number of nitrogens with zero attached hydrogens (tertiary/aromatic N) is 1. The molecule has 4 heteroatoms. The van der Waals surface area contributed by atoms with Gasteiger partial charge in [-0.15, -0.1) is 0 Å². The number of rotatable bonds is 3. The molecule has 1 aromatic carbocycles. The van der Waals surface area contributed by atoms with E-state index < -0.39 is 5.54 Å². The van der Waals surface area contributed by atoms with Crippen LogP contribution < -0.4 is 5.73 Å². The second-order valence-corrected chi connectivity index (χ2v) is 4.63. The van der Waals surface area contributed by atoms with Gasteiger partial charge in [0.1, 0.15) is 5.82 Å². The average Bonchev–Trinajstić information content (AvgIpc) is 2.38. The first-order valence-corrected chi connectivity index (χ1v) is 6.11. The van der Waals surface area contributed by atoms with Crippen molar-refractivity contribution in [2.24, 2.45) is 5.73 Å². The quantitative estimate of drug-likeness (QED) is 0.922. The van der Waals surface area contributed by atoms with Gasteiger partial charge in [0, 0.05) is 5.02 Å². The summed E-state index contributed by atoms with van der Waals surface area (Å²) < 4.78 is 12.9. The summed E-state index contributed by atoms with van der Waals surface area (Å²) in [5, 5.41) is 0.623. The first kappa shape index (κ1) is 13.0. The van der Waals surface area contributed by atoms with E-state index in [9.17, 15) is 4.39 Å². The van der Waals surface area contributed by atoms with E-state index in [4.69, 9.17) is 17.3 Å². The number of aromatic nitrogens is 1. The highest BCUT2D eigenvalue weighted by Crippen LogP contribution is 2.30. The molecule has 1 heterocycles. The number of benzene rings is 1. The monoisotopic (exact) mass is 264 g/mol. The van der Waals surface area contributed by atoms with E-state index in [0.717, 1.165) is 5.56 Å². The van der Waals surface area contributed by atoms with E-state index >= 15 is 0 Å².